The first-order chi connectivity index (χ1) is 13.2. The summed E-state index contributed by atoms with van der Waals surface area (Å²) < 4.78 is 5.23. The highest BCUT2D eigenvalue weighted by Crippen LogP contribution is 2.21. The molecule has 0 bridgehead atoms. The summed E-state index contributed by atoms with van der Waals surface area (Å²) >= 11 is 0. The third-order valence-electron chi connectivity index (χ3n) is 5.41. The Balaban J connectivity index is 1.58. The number of nitrogens with one attached hydrogen (secondary N) is 1. The standard InChI is InChI=1S/C23H30N2O2/c1-18-8-5-6-13-25(18)17-21-11-4-3-10-20(21)16-24-23(26)15-19-9-7-12-22(14-19)27-2/h3-4,7,9-12,14,18H,5-6,8,13,15-17H2,1-2H3,(H,24,26)/t18-/m1/s1. The van der Waals surface area contributed by atoms with E-state index in [9.17, 15) is 4.79 Å². The first kappa shape index (κ1) is 19.4. The zero-order chi connectivity index (χ0) is 19.1. The summed E-state index contributed by atoms with van der Waals surface area (Å²) in [5.74, 6) is 0.811. The predicted octanol–water partition coefficient (Wildman–Crippen LogP) is 3.93. The van der Waals surface area contributed by atoms with Gasteiger partial charge in [-0.05, 0) is 55.1 Å². The molecule has 1 atom stereocenters. The lowest BCUT2D eigenvalue weighted by molar-refractivity contribution is -0.120. The smallest absolute Gasteiger partial charge is 0.224 e. The molecule has 0 unspecified atom stereocenters. The first-order valence-electron chi connectivity index (χ1n) is 9.86. The number of methoxy groups -OCH3 is 1. The summed E-state index contributed by atoms with van der Waals surface area (Å²) in [6.45, 7) is 5.01. The van der Waals surface area contributed by atoms with Crippen LogP contribution in [0.1, 0.15) is 42.9 Å². The molecular weight excluding hydrogens is 336 g/mol. The fourth-order valence-electron chi connectivity index (χ4n) is 3.72. The minimum absolute atomic E-state index is 0.0318. The Kier molecular flexibility index (Phi) is 6.88. The maximum atomic E-state index is 12.4. The van der Waals surface area contributed by atoms with Crippen LogP contribution >= 0.6 is 0 Å². The molecule has 1 N–H and O–H groups in total. The molecule has 1 fully saturated rings. The van der Waals surface area contributed by atoms with Gasteiger partial charge < -0.3 is 10.1 Å². The van der Waals surface area contributed by atoms with Crippen LogP contribution in [-0.2, 0) is 24.3 Å². The Labute approximate surface area is 162 Å². The molecule has 0 saturated carbocycles. The molecule has 2 aromatic rings. The molecule has 1 aliphatic heterocycles. The van der Waals surface area contributed by atoms with Crippen molar-refractivity contribution < 1.29 is 9.53 Å². The molecule has 27 heavy (non-hydrogen) atoms. The van der Waals surface area contributed by atoms with Crippen molar-refractivity contribution in [2.24, 2.45) is 0 Å². The molecule has 0 spiro atoms. The minimum atomic E-state index is 0.0318. The molecule has 0 radical (unpaired) electrons. The third-order valence-corrected chi connectivity index (χ3v) is 5.41. The van der Waals surface area contributed by atoms with Gasteiger partial charge in [0.25, 0.3) is 0 Å². The van der Waals surface area contributed by atoms with E-state index in [-0.39, 0.29) is 5.91 Å². The van der Waals surface area contributed by atoms with Crippen molar-refractivity contribution in [2.45, 2.75) is 51.7 Å². The van der Waals surface area contributed by atoms with Crippen molar-refractivity contribution in [2.75, 3.05) is 13.7 Å². The monoisotopic (exact) mass is 366 g/mol. The van der Waals surface area contributed by atoms with E-state index in [4.69, 9.17) is 4.74 Å². The van der Waals surface area contributed by atoms with Gasteiger partial charge >= 0.3 is 0 Å². The zero-order valence-corrected chi connectivity index (χ0v) is 16.4. The highest BCUT2D eigenvalue weighted by atomic mass is 16.5. The van der Waals surface area contributed by atoms with E-state index in [0.717, 1.165) is 24.4 Å². The van der Waals surface area contributed by atoms with Crippen molar-refractivity contribution in [3.63, 3.8) is 0 Å². The van der Waals surface area contributed by atoms with Crippen LogP contribution in [0.2, 0.25) is 0 Å². The lowest BCUT2D eigenvalue weighted by Crippen LogP contribution is -2.37. The molecule has 1 amide bonds. The van der Waals surface area contributed by atoms with Gasteiger partial charge in [-0.3, -0.25) is 9.69 Å². The number of carbonyl (C=O) groups is 1. The second kappa shape index (κ2) is 9.56. The number of amides is 1. The largest absolute Gasteiger partial charge is 0.497 e. The number of likely N-dealkylation sites (tertiary alicyclic amines) is 1. The van der Waals surface area contributed by atoms with Gasteiger partial charge in [0.05, 0.1) is 13.5 Å². The molecular formula is C23H30N2O2. The number of rotatable bonds is 7. The first-order valence-corrected chi connectivity index (χ1v) is 9.86. The molecule has 4 nitrogen and oxygen atoms in total. The van der Waals surface area contributed by atoms with Crippen molar-refractivity contribution >= 4 is 5.91 Å². The summed E-state index contributed by atoms with van der Waals surface area (Å²) in [6.07, 6.45) is 4.26. The topological polar surface area (TPSA) is 41.6 Å². The SMILES string of the molecule is COc1cccc(CC(=O)NCc2ccccc2CN2CCCC[C@H]2C)c1. The number of benzene rings is 2. The second-order valence-corrected chi connectivity index (χ2v) is 7.39. The molecule has 0 aromatic heterocycles. The summed E-state index contributed by atoms with van der Waals surface area (Å²) in [5.41, 5.74) is 3.48. The summed E-state index contributed by atoms with van der Waals surface area (Å²) in [5, 5.41) is 3.08. The van der Waals surface area contributed by atoms with Gasteiger partial charge in [-0.1, -0.05) is 42.8 Å². The van der Waals surface area contributed by atoms with E-state index in [0.29, 0.717) is 19.0 Å². The Morgan fingerprint density at radius 3 is 2.74 bits per heavy atom. The van der Waals surface area contributed by atoms with Crippen LogP contribution in [0.15, 0.2) is 48.5 Å². The van der Waals surface area contributed by atoms with E-state index < -0.39 is 0 Å². The predicted molar refractivity (Wildman–Crippen MR) is 109 cm³/mol. The molecule has 3 rings (SSSR count). The molecule has 0 aliphatic carbocycles. The normalized spacial score (nSPS) is 17.5. The summed E-state index contributed by atoms with van der Waals surface area (Å²) in [4.78, 5) is 14.9. The van der Waals surface area contributed by atoms with Crippen molar-refractivity contribution in [1.29, 1.82) is 0 Å². The number of hydrogen-bond donors (Lipinski definition) is 1. The summed E-state index contributed by atoms with van der Waals surface area (Å²) in [7, 11) is 1.64. The van der Waals surface area contributed by atoms with Crippen molar-refractivity contribution in [1.82, 2.24) is 10.2 Å². The third kappa shape index (κ3) is 5.57. The maximum Gasteiger partial charge on any atom is 0.224 e. The highest BCUT2D eigenvalue weighted by Gasteiger charge is 2.19. The van der Waals surface area contributed by atoms with E-state index in [2.05, 4.69) is 35.3 Å². The van der Waals surface area contributed by atoms with Crippen LogP contribution in [0, 0.1) is 0 Å². The number of nitrogens with zero attached hydrogens (tertiary/aromatic N) is 1. The van der Waals surface area contributed by atoms with E-state index >= 15 is 0 Å². The van der Waals surface area contributed by atoms with Gasteiger partial charge in [0.15, 0.2) is 0 Å². The van der Waals surface area contributed by atoms with Crippen LogP contribution in [0.5, 0.6) is 5.75 Å². The van der Waals surface area contributed by atoms with Crippen LogP contribution in [-0.4, -0.2) is 30.5 Å². The van der Waals surface area contributed by atoms with Gasteiger partial charge in [-0.25, -0.2) is 0 Å². The summed E-state index contributed by atoms with van der Waals surface area (Å²) in [6, 6.07) is 16.7. The molecule has 2 aromatic carbocycles. The number of hydrogen-bond acceptors (Lipinski definition) is 3. The molecule has 144 valence electrons. The van der Waals surface area contributed by atoms with Crippen molar-refractivity contribution in [3.8, 4) is 5.75 Å². The van der Waals surface area contributed by atoms with E-state index in [1.54, 1.807) is 7.11 Å². The molecule has 1 saturated heterocycles. The van der Waals surface area contributed by atoms with Crippen LogP contribution in [0.25, 0.3) is 0 Å². The maximum absolute atomic E-state index is 12.4. The van der Waals surface area contributed by atoms with Gasteiger partial charge in [-0.2, -0.15) is 0 Å². The van der Waals surface area contributed by atoms with Gasteiger partial charge in [0.1, 0.15) is 5.75 Å². The van der Waals surface area contributed by atoms with Gasteiger partial charge in [-0.15, -0.1) is 0 Å². The Morgan fingerprint density at radius 2 is 1.96 bits per heavy atom. The molecule has 4 heteroatoms. The van der Waals surface area contributed by atoms with Crippen molar-refractivity contribution in [3.05, 3.63) is 65.2 Å². The minimum Gasteiger partial charge on any atom is -0.497 e. The van der Waals surface area contributed by atoms with E-state index in [1.165, 1.54) is 30.4 Å². The van der Waals surface area contributed by atoms with Crippen LogP contribution in [0.3, 0.4) is 0 Å². The van der Waals surface area contributed by atoms with Crippen LogP contribution < -0.4 is 10.1 Å². The average Bonchev–Trinajstić information content (AvgIpc) is 2.69. The van der Waals surface area contributed by atoms with E-state index in [1.807, 2.05) is 30.3 Å². The van der Waals surface area contributed by atoms with Gasteiger partial charge in [0.2, 0.25) is 5.91 Å². The zero-order valence-electron chi connectivity index (χ0n) is 16.4. The average molecular weight is 367 g/mol. The van der Waals surface area contributed by atoms with Gasteiger partial charge in [0, 0.05) is 19.1 Å². The second-order valence-electron chi connectivity index (χ2n) is 7.39. The highest BCUT2D eigenvalue weighted by molar-refractivity contribution is 5.78. The Hall–Kier alpha value is -2.33. The number of ether oxygens (including phenoxy) is 1. The Morgan fingerprint density at radius 1 is 1.15 bits per heavy atom. The number of piperidine rings is 1. The fraction of sp³-hybridized carbons (Fsp3) is 0.435. The lowest BCUT2D eigenvalue weighted by atomic mass is 10.0. The quantitative estimate of drug-likeness (QED) is 0.807. The lowest BCUT2D eigenvalue weighted by Gasteiger charge is -2.33. The molecule has 1 aliphatic rings. The molecule has 1 heterocycles. The Bertz CT molecular complexity index is 760. The fourth-order valence-corrected chi connectivity index (χ4v) is 3.72. The number of carbonyl (C=O) groups excluding carboxylic acids is 1. The van der Waals surface area contributed by atoms with Crippen LogP contribution in [0.4, 0.5) is 0 Å².